The number of rotatable bonds is 2. The van der Waals surface area contributed by atoms with Crippen molar-refractivity contribution in [2.75, 3.05) is 24.5 Å². The third-order valence-corrected chi connectivity index (χ3v) is 5.53. The molecule has 1 aliphatic carbocycles. The van der Waals surface area contributed by atoms with E-state index in [-0.39, 0.29) is 11.7 Å². The lowest BCUT2D eigenvalue weighted by Crippen LogP contribution is -2.36. The summed E-state index contributed by atoms with van der Waals surface area (Å²) >= 11 is 0. The number of ether oxygens (including phenoxy) is 1. The van der Waals surface area contributed by atoms with Crippen molar-refractivity contribution in [3.05, 3.63) is 23.9 Å². The Morgan fingerprint density at radius 3 is 2.74 bits per heavy atom. The number of nitrogens with zero attached hydrogens (tertiary/aromatic N) is 2. The molecule has 0 unspecified atom stereocenters. The Hall–Kier alpha value is -1.62. The van der Waals surface area contributed by atoms with Gasteiger partial charge in [-0.15, -0.1) is 0 Å². The van der Waals surface area contributed by atoms with E-state index in [0.29, 0.717) is 12.5 Å². The largest absolute Gasteiger partial charge is 0.441 e. The van der Waals surface area contributed by atoms with E-state index in [1.54, 1.807) is 4.90 Å². The number of hydrogen-bond acceptors (Lipinski definition) is 4. The van der Waals surface area contributed by atoms with E-state index in [1.165, 1.54) is 6.42 Å². The van der Waals surface area contributed by atoms with Crippen LogP contribution in [0.5, 0.6) is 0 Å². The van der Waals surface area contributed by atoms with E-state index in [1.807, 2.05) is 12.1 Å². The second-order valence-corrected chi connectivity index (χ2v) is 7.14. The van der Waals surface area contributed by atoms with Crippen LogP contribution in [0.2, 0.25) is 0 Å². The van der Waals surface area contributed by atoms with E-state index < -0.39 is 0 Å². The van der Waals surface area contributed by atoms with Gasteiger partial charge in [-0.25, -0.2) is 9.78 Å². The molecule has 1 spiro atoms. The Bertz CT molecular complexity index is 577. The molecular weight excluding hydrogens is 290 g/mol. The summed E-state index contributed by atoms with van der Waals surface area (Å²) in [6, 6.07) is 6.06. The van der Waals surface area contributed by atoms with Crippen LogP contribution >= 0.6 is 0 Å². The quantitative estimate of drug-likeness (QED) is 0.910. The van der Waals surface area contributed by atoms with Crippen LogP contribution < -0.4 is 10.2 Å². The van der Waals surface area contributed by atoms with Crippen LogP contribution in [0.1, 0.15) is 56.6 Å². The van der Waals surface area contributed by atoms with Gasteiger partial charge in [0.25, 0.3) is 0 Å². The molecule has 1 aromatic rings. The fourth-order valence-electron chi connectivity index (χ4n) is 4.19. The summed E-state index contributed by atoms with van der Waals surface area (Å²) in [5.41, 5.74) is 0.850. The third kappa shape index (κ3) is 2.94. The molecule has 23 heavy (non-hydrogen) atoms. The van der Waals surface area contributed by atoms with Crippen LogP contribution in [0.15, 0.2) is 18.2 Å². The fourth-order valence-corrected chi connectivity index (χ4v) is 4.19. The molecule has 2 saturated heterocycles. The van der Waals surface area contributed by atoms with Crippen molar-refractivity contribution in [2.45, 2.75) is 56.5 Å². The molecule has 4 rings (SSSR count). The number of anilines is 1. The van der Waals surface area contributed by atoms with Gasteiger partial charge in [-0.2, -0.15) is 0 Å². The van der Waals surface area contributed by atoms with Crippen LogP contribution in [-0.4, -0.2) is 36.3 Å². The van der Waals surface area contributed by atoms with Crippen molar-refractivity contribution in [1.29, 1.82) is 0 Å². The Morgan fingerprint density at radius 1 is 1.17 bits per heavy atom. The number of pyridine rings is 1. The maximum atomic E-state index is 12.4. The number of aromatic nitrogens is 1. The van der Waals surface area contributed by atoms with Gasteiger partial charge in [0, 0.05) is 11.6 Å². The first-order valence-corrected chi connectivity index (χ1v) is 8.94. The maximum absolute atomic E-state index is 12.4. The topological polar surface area (TPSA) is 54.5 Å². The average molecular weight is 315 g/mol. The van der Waals surface area contributed by atoms with Crippen LogP contribution in [0, 0.1) is 0 Å². The van der Waals surface area contributed by atoms with E-state index in [2.05, 4.69) is 11.4 Å². The molecule has 3 heterocycles. The van der Waals surface area contributed by atoms with Crippen molar-refractivity contribution in [2.24, 2.45) is 0 Å². The summed E-state index contributed by atoms with van der Waals surface area (Å²) in [5, 5.41) is 3.39. The van der Waals surface area contributed by atoms with Gasteiger partial charge in [0.2, 0.25) is 0 Å². The number of nitrogens with one attached hydrogen (secondary N) is 1. The number of carbonyl (C=O) groups excluding carboxylic acids is 1. The molecule has 0 radical (unpaired) electrons. The van der Waals surface area contributed by atoms with Crippen molar-refractivity contribution in [3.8, 4) is 0 Å². The molecule has 3 aliphatic rings. The van der Waals surface area contributed by atoms with Crippen LogP contribution in [0.25, 0.3) is 0 Å². The van der Waals surface area contributed by atoms with Gasteiger partial charge in [-0.3, -0.25) is 4.90 Å². The molecule has 5 heteroatoms. The molecule has 0 atom stereocenters. The zero-order valence-corrected chi connectivity index (χ0v) is 13.6. The smallest absolute Gasteiger partial charge is 0.416 e. The molecule has 0 bridgehead atoms. The van der Waals surface area contributed by atoms with Crippen molar-refractivity contribution in [3.63, 3.8) is 0 Å². The standard InChI is InChI=1S/C18H25N3O2/c22-17-21(13-18(23-17)9-2-1-3-10-18)16-6-4-5-15(20-16)14-7-11-19-12-8-14/h4-6,14,19H,1-3,7-13H2. The minimum atomic E-state index is -0.262. The highest BCUT2D eigenvalue weighted by atomic mass is 16.6. The van der Waals surface area contributed by atoms with E-state index in [0.717, 1.165) is 63.1 Å². The van der Waals surface area contributed by atoms with Crippen molar-refractivity contribution >= 4 is 11.9 Å². The zero-order valence-electron chi connectivity index (χ0n) is 13.6. The van der Waals surface area contributed by atoms with Gasteiger partial charge in [-0.05, 0) is 63.7 Å². The van der Waals surface area contributed by atoms with Gasteiger partial charge in [0.15, 0.2) is 0 Å². The molecule has 2 aliphatic heterocycles. The third-order valence-electron chi connectivity index (χ3n) is 5.53. The highest BCUT2D eigenvalue weighted by Crippen LogP contribution is 2.38. The Kier molecular flexibility index (Phi) is 3.97. The Morgan fingerprint density at radius 2 is 1.96 bits per heavy atom. The Balaban J connectivity index is 1.54. The first-order valence-electron chi connectivity index (χ1n) is 8.94. The first-order chi connectivity index (χ1) is 11.3. The van der Waals surface area contributed by atoms with Crippen LogP contribution in [-0.2, 0) is 4.74 Å². The number of carbonyl (C=O) groups is 1. The van der Waals surface area contributed by atoms with Gasteiger partial charge in [-0.1, -0.05) is 12.5 Å². The molecule has 1 amide bonds. The second-order valence-electron chi connectivity index (χ2n) is 7.14. The number of hydrogen-bond donors (Lipinski definition) is 1. The highest BCUT2D eigenvalue weighted by Gasteiger charge is 2.46. The first kappa shape index (κ1) is 14.9. The monoisotopic (exact) mass is 315 g/mol. The molecule has 1 N–H and O–H groups in total. The zero-order chi connectivity index (χ0) is 15.7. The molecule has 124 valence electrons. The summed E-state index contributed by atoms with van der Waals surface area (Å²) in [6.45, 7) is 2.76. The molecule has 1 saturated carbocycles. The summed E-state index contributed by atoms with van der Waals surface area (Å²) in [7, 11) is 0. The van der Waals surface area contributed by atoms with E-state index in [9.17, 15) is 4.79 Å². The summed E-state index contributed by atoms with van der Waals surface area (Å²) < 4.78 is 5.78. The summed E-state index contributed by atoms with van der Waals surface area (Å²) in [6.07, 6.45) is 7.56. The summed E-state index contributed by atoms with van der Waals surface area (Å²) in [4.78, 5) is 18.9. The minimum Gasteiger partial charge on any atom is -0.441 e. The molecule has 3 fully saturated rings. The lowest BCUT2D eigenvalue weighted by atomic mass is 9.85. The normalized spacial score (nSPS) is 24.9. The predicted molar refractivity (Wildman–Crippen MR) is 88.7 cm³/mol. The lowest BCUT2D eigenvalue weighted by Gasteiger charge is -2.30. The van der Waals surface area contributed by atoms with Gasteiger partial charge >= 0.3 is 6.09 Å². The van der Waals surface area contributed by atoms with Gasteiger partial charge < -0.3 is 10.1 Å². The SMILES string of the molecule is O=C1OC2(CCCCC2)CN1c1cccc(C2CCNCC2)n1. The number of amides is 1. The second kappa shape index (κ2) is 6.11. The Labute approximate surface area is 137 Å². The lowest BCUT2D eigenvalue weighted by molar-refractivity contribution is 0.0260. The fraction of sp³-hybridized carbons (Fsp3) is 0.667. The van der Waals surface area contributed by atoms with Crippen LogP contribution in [0.3, 0.4) is 0 Å². The minimum absolute atomic E-state index is 0.220. The van der Waals surface area contributed by atoms with Crippen LogP contribution in [0.4, 0.5) is 10.6 Å². The molecule has 0 aromatic carbocycles. The van der Waals surface area contributed by atoms with E-state index >= 15 is 0 Å². The van der Waals surface area contributed by atoms with Crippen molar-refractivity contribution < 1.29 is 9.53 Å². The predicted octanol–water partition coefficient (Wildman–Crippen LogP) is 3.21. The molecule has 1 aromatic heterocycles. The van der Waals surface area contributed by atoms with Gasteiger partial charge in [0.05, 0.1) is 6.54 Å². The summed E-state index contributed by atoms with van der Waals surface area (Å²) in [5.74, 6) is 1.26. The van der Waals surface area contributed by atoms with E-state index in [4.69, 9.17) is 9.72 Å². The highest BCUT2D eigenvalue weighted by molar-refractivity contribution is 5.89. The molecule has 5 nitrogen and oxygen atoms in total. The van der Waals surface area contributed by atoms with Gasteiger partial charge in [0.1, 0.15) is 11.4 Å². The van der Waals surface area contributed by atoms with Crippen molar-refractivity contribution in [1.82, 2.24) is 10.3 Å². The molecular formula is C18H25N3O2. The number of piperidine rings is 1. The average Bonchev–Trinajstić information content (AvgIpc) is 2.92. The maximum Gasteiger partial charge on any atom is 0.416 e.